The van der Waals surface area contributed by atoms with Gasteiger partial charge in [0.2, 0.25) is 5.91 Å². The summed E-state index contributed by atoms with van der Waals surface area (Å²) in [6.07, 6.45) is 4.68. The van der Waals surface area contributed by atoms with Gasteiger partial charge in [0.15, 0.2) is 0 Å². The molecule has 2 atom stereocenters. The van der Waals surface area contributed by atoms with Gasteiger partial charge in [0.25, 0.3) is 5.91 Å². The molecule has 0 unspecified atom stereocenters. The maximum atomic E-state index is 12.8. The minimum absolute atomic E-state index is 0.0236. The van der Waals surface area contributed by atoms with Crippen molar-refractivity contribution in [2.75, 3.05) is 11.4 Å². The average molecular weight is 325 g/mol. The Labute approximate surface area is 139 Å². The highest BCUT2D eigenvalue weighted by atomic mass is 16.2. The number of amides is 2. The van der Waals surface area contributed by atoms with Gasteiger partial charge in [0.1, 0.15) is 5.69 Å². The molecule has 0 saturated carbocycles. The van der Waals surface area contributed by atoms with E-state index in [0.717, 1.165) is 17.8 Å². The molecule has 2 amide bonds. The highest BCUT2D eigenvalue weighted by molar-refractivity contribution is 5.99. The molecular weight excluding hydrogens is 306 g/mol. The Morgan fingerprint density at radius 1 is 1.29 bits per heavy atom. The Balaban J connectivity index is 1.60. The molecule has 0 radical (unpaired) electrons. The van der Waals surface area contributed by atoms with Crippen molar-refractivity contribution < 1.29 is 9.59 Å². The summed E-state index contributed by atoms with van der Waals surface area (Å²) in [6, 6.07) is 5.37. The molecule has 2 aliphatic heterocycles. The SMILES string of the molecule is Cc1cccc(C(=O)N2CC[C@H]3[C@H]2CC(=O)N3c2cnn(C)c2)n1. The number of aromatic nitrogens is 3. The topological polar surface area (TPSA) is 71.3 Å². The molecule has 4 rings (SSSR count). The first-order valence-electron chi connectivity index (χ1n) is 8.10. The number of fused-ring (bicyclic) bond motifs is 1. The zero-order valence-electron chi connectivity index (χ0n) is 13.7. The van der Waals surface area contributed by atoms with Gasteiger partial charge in [-0.15, -0.1) is 0 Å². The number of pyridine rings is 1. The van der Waals surface area contributed by atoms with Crippen molar-refractivity contribution >= 4 is 17.5 Å². The summed E-state index contributed by atoms with van der Waals surface area (Å²) in [5.41, 5.74) is 2.07. The Morgan fingerprint density at radius 2 is 2.12 bits per heavy atom. The van der Waals surface area contributed by atoms with E-state index in [9.17, 15) is 9.59 Å². The summed E-state index contributed by atoms with van der Waals surface area (Å²) in [5.74, 6) is -0.0419. The van der Waals surface area contributed by atoms with Crippen LogP contribution in [-0.4, -0.2) is 50.1 Å². The second-order valence-electron chi connectivity index (χ2n) is 6.43. The van der Waals surface area contributed by atoms with E-state index in [-0.39, 0.29) is 23.9 Å². The van der Waals surface area contributed by atoms with E-state index in [1.807, 2.05) is 32.3 Å². The van der Waals surface area contributed by atoms with Gasteiger partial charge >= 0.3 is 0 Å². The summed E-state index contributed by atoms with van der Waals surface area (Å²) in [4.78, 5) is 33.2. The average Bonchev–Trinajstić information content (AvgIpc) is 3.21. The summed E-state index contributed by atoms with van der Waals surface area (Å²) < 4.78 is 1.68. The van der Waals surface area contributed by atoms with E-state index < -0.39 is 0 Å². The third-order valence-electron chi connectivity index (χ3n) is 4.83. The maximum Gasteiger partial charge on any atom is 0.272 e. The Morgan fingerprint density at radius 3 is 2.83 bits per heavy atom. The molecule has 2 fully saturated rings. The van der Waals surface area contributed by atoms with Crippen molar-refractivity contribution in [1.29, 1.82) is 0 Å². The third kappa shape index (κ3) is 2.28. The fourth-order valence-corrected chi connectivity index (χ4v) is 3.78. The number of likely N-dealkylation sites (tertiary alicyclic amines) is 1. The van der Waals surface area contributed by atoms with E-state index in [0.29, 0.717) is 18.7 Å². The van der Waals surface area contributed by atoms with Gasteiger partial charge in [0, 0.05) is 31.9 Å². The highest BCUT2D eigenvalue weighted by Crippen LogP contribution is 2.36. The number of nitrogens with zero attached hydrogens (tertiary/aromatic N) is 5. The molecule has 0 bridgehead atoms. The molecule has 2 aromatic rings. The molecule has 24 heavy (non-hydrogen) atoms. The number of rotatable bonds is 2. The van der Waals surface area contributed by atoms with Gasteiger partial charge in [0.05, 0.1) is 24.0 Å². The quantitative estimate of drug-likeness (QED) is 0.830. The van der Waals surface area contributed by atoms with Gasteiger partial charge < -0.3 is 9.80 Å². The van der Waals surface area contributed by atoms with E-state index in [4.69, 9.17) is 0 Å². The van der Waals surface area contributed by atoms with Crippen LogP contribution in [0.2, 0.25) is 0 Å². The van der Waals surface area contributed by atoms with E-state index in [2.05, 4.69) is 10.1 Å². The Kier molecular flexibility index (Phi) is 3.37. The van der Waals surface area contributed by atoms with Gasteiger partial charge in [-0.25, -0.2) is 4.98 Å². The zero-order chi connectivity index (χ0) is 16.8. The minimum atomic E-state index is -0.0907. The monoisotopic (exact) mass is 325 g/mol. The second-order valence-corrected chi connectivity index (χ2v) is 6.43. The predicted molar refractivity (Wildman–Crippen MR) is 87.5 cm³/mol. The summed E-state index contributed by atoms with van der Waals surface area (Å²) in [5, 5.41) is 4.15. The lowest BCUT2D eigenvalue weighted by atomic mass is 10.1. The zero-order valence-corrected chi connectivity index (χ0v) is 13.7. The van der Waals surface area contributed by atoms with Crippen LogP contribution in [0, 0.1) is 6.92 Å². The first-order valence-corrected chi connectivity index (χ1v) is 8.10. The van der Waals surface area contributed by atoms with E-state index in [1.54, 1.807) is 26.7 Å². The first-order chi connectivity index (χ1) is 11.5. The van der Waals surface area contributed by atoms with E-state index in [1.165, 1.54) is 0 Å². The van der Waals surface area contributed by atoms with Crippen molar-refractivity contribution in [3.05, 3.63) is 42.0 Å². The van der Waals surface area contributed by atoms with Crippen LogP contribution in [0.15, 0.2) is 30.6 Å². The van der Waals surface area contributed by atoms with Gasteiger partial charge in [-0.05, 0) is 25.5 Å². The van der Waals surface area contributed by atoms with Crippen LogP contribution < -0.4 is 4.90 Å². The van der Waals surface area contributed by atoms with Gasteiger partial charge in [-0.1, -0.05) is 6.07 Å². The van der Waals surface area contributed by atoms with Crippen LogP contribution in [-0.2, 0) is 11.8 Å². The standard InChI is InChI=1S/C17H19N5O2/c1-11-4-3-5-13(19-11)17(24)21-7-6-14-15(21)8-16(23)22(14)12-9-18-20(2)10-12/h3-5,9-10,14-15H,6-8H2,1-2H3/t14-,15+/m0/s1. The fraction of sp³-hybridized carbons (Fsp3) is 0.412. The smallest absolute Gasteiger partial charge is 0.272 e. The number of hydrogen-bond acceptors (Lipinski definition) is 4. The normalized spacial score (nSPS) is 23.0. The van der Waals surface area contributed by atoms with Crippen LogP contribution >= 0.6 is 0 Å². The molecule has 0 N–H and O–H groups in total. The lowest BCUT2D eigenvalue weighted by Gasteiger charge is -2.24. The molecule has 7 heteroatoms. The molecule has 0 aliphatic carbocycles. The first kappa shape index (κ1) is 14.9. The van der Waals surface area contributed by atoms with E-state index >= 15 is 0 Å². The molecule has 2 saturated heterocycles. The van der Waals surface area contributed by atoms with Crippen LogP contribution in [0.1, 0.15) is 29.0 Å². The van der Waals surface area contributed by atoms with Crippen LogP contribution in [0.5, 0.6) is 0 Å². The van der Waals surface area contributed by atoms with Crippen molar-refractivity contribution in [3.8, 4) is 0 Å². The molecule has 2 aliphatic rings. The molecule has 4 heterocycles. The number of anilines is 1. The van der Waals surface area contributed by atoms with Crippen molar-refractivity contribution in [2.24, 2.45) is 7.05 Å². The fourth-order valence-electron chi connectivity index (χ4n) is 3.78. The maximum absolute atomic E-state index is 12.8. The summed E-state index contributed by atoms with van der Waals surface area (Å²) >= 11 is 0. The summed E-state index contributed by atoms with van der Waals surface area (Å²) in [6.45, 7) is 2.51. The predicted octanol–water partition coefficient (Wildman–Crippen LogP) is 1.14. The highest BCUT2D eigenvalue weighted by Gasteiger charge is 2.49. The van der Waals surface area contributed by atoms with Crippen molar-refractivity contribution in [3.63, 3.8) is 0 Å². The molecular formula is C17H19N5O2. The minimum Gasteiger partial charge on any atom is -0.332 e. The molecule has 0 spiro atoms. The van der Waals surface area contributed by atoms with Crippen LogP contribution in [0.4, 0.5) is 5.69 Å². The Hall–Kier alpha value is -2.70. The number of aryl methyl sites for hydroxylation is 2. The lowest BCUT2D eigenvalue weighted by Crippen LogP contribution is -2.40. The van der Waals surface area contributed by atoms with Crippen molar-refractivity contribution in [1.82, 2.24) is 19.7 Å². The number of carbonyl (C=O) groups excluding carboxylic acids is 2. The van der Waals surface area contributed by atoms with Crippen LogP contribution in [0.25, 0.3) is 0 Å². The van der Waals surface area contributed by atoms with Crippen molar-refractivity contribution in [2.45, 2.75) is 31.8 Å². The third-order valence-corrected chi connectivity index (χ3v) is 4.83. The van der Waals surface area contributed by atoms with Crippen LogP contribution in [0.3, 0.4) is 0 Å². The van der Waals surface area contributed by atoms with Gasteiger partial charge in [-0.2, -0.15) is 5.10 Å². The molecule has 2 aromatic heterocycles. The lowest BCUT2D eigenvalue weighted by molar-refractivity contribution is -0.117. The second kappa shape index (κ2) is 5.43. The number of hydrogen-bond donors (Lipinski definition) is 0. The molecule has 0 aromatic carbocycles. The number of carbonyl (C=O) groups is 2. The molecule has 124 valence electrons. The molecule has 7 nitrogen and oxygen atoms in total. The summed E-state index contributed by atoms with van der Waals surface area (Å²) in [7, 11) is 1.83. The Bertz CT molecular complexity index is 815. The van der Waals surface area contributed by atoms with Gasteiger partial charge in [-0.3, -0.25) is 14.3 Å². The largest absolute Gasteiger partial charge is 0.332 e.